The molecule has 1 aromatic carbocycles. The monoisotopic (exact) mass is 362 g/mol. The van der Waals surface area contributed by atoms with E-state index in [-0.39, 0.29) is 0 Å². The van der Waals surface area contributed by atoms with Crippen molar-refractivity contribution in [3.05, 3.63) is 34.9 Å². The smallest absolute Gasteiger partial charge is 0.0500 e. The first kappa shape index (κ1) is 17.8. The van der Waals surface area contributed by atoms with Crippen LogP contribution in [0.4, 0.5) is 0 Å². The third-order valence-corrected chi connectivity index (χ3v) is 6.54. The predicted octanol–water partition coefficient (Wildman–Crippen LogP) is 3.91. The zero-order chi connectivity index (χ0) is 17.1. The van der Waals surface area contributed by atoms with Crippen LogP contribution in [0.1, 0.15) is 31.2 Å². The molecule has 2 saturated heterocycles. The second-order valence-corrected chi connectivity index (χ2v) is 8.58. The Morgan fingerprint density at radius 2 is 1.68 bits per heavy atom. The van der Waals surface area contributed by atoms with Gasteiger partial charge in [0.15, 0.2) is 0 Å². The van der Waals surface area contributed by atoms with Crippen LogP contribution in [-0.2, 0) is 11.3 Å². The Balaban J connectivity index is 1.07. The van der Waals surface area contributed by atoms with Crippen LogP contribution in [0.2, 0.25) is 5.02 Å². The number of piperidine rings is 2. The number of likely N-dealkylation sites (tertiary alicyclic amines) is 2. The molecule has 3 fully saturated rings. The molecule has 0 N–H and O–H groups in total. The first-order chi connectivity index (χ1) is 12.3. The topological polar surface area (TPSA) is 15.7 Å². The number of ether oxygens (including phenoxy) is 1. The third-order valence-electron chi connectivity index (χ3n) is 6.29. The van der Waals surface area contributed by atoms with Crippen LogP contribution < -0.4 is 0 Å². The molecule has 0 unspecified atom stereocenters. The van der Waals surface area contributed by atoms with Crippen LogP contribution in [0.25, 0.3) is 0 Å². The molecular weight excluding hydrogens is 332 g/mol. The summed E-state index contributed by atoms with van der Waals surface area (Å²) in [5.41, 5.74) is 1.37. The number of nitrogens with zero attached hydrogens (tertiary/aromatic N) is 2. The van der Waals surface area contributed by atoms with Gasteiger partial charge in [-0.1, -0.05) is 30.2 Å². The fraction of sp³-hybridized carbons (Fsp3) is 0.714. The lowest BCUT2D eigenvalue weighted by molar-refractivity contribution is 0.0967. The highest BCUT2D eigenvalue weighted by Gasteiger charge is 2.55. The Morgan fingerprint density at radius 1 is 0.960 bits per heavy atom. The van der Waals surface area contributed by atoms with Gasteiger partial charge in [0, 0.05) is 37.8 Å². The van der Waals surface area contributed by atoms with E-state index in [1.54, 1.807) is 0 Å². The van der Waals surface area contributed by atoms with Gasteiger partial charge in [0.2, 0.25) is 0 Å². The largest absolute Gasteiger partial charge is 0.381 e. The van der Waals surface area contributed by atoms with E-state index in [2.05, 4.69) is 21.9 Å². The molecular formula is C21H31ClN2O. The van der Waals surface area contributed by atoms with E-state index in [0.29, 0.717) is 0 Å². The molecule has 0 bridgehead atoms. The Bertz CT molecular complexity index is 531. The van der Waals surface area contributed by atoms with Crippen molar-refractivity contribution in [3.63, 3.8) is 0 Å². The van der Waals surface area contributed by atoms with Crippen LogP contribution in [-0.4, -0.2) is 55.7 Å². The first-order valence-corrected chi connectivity index (χ1v) is 10.4. The van der Waals surface area contributed by atoms with Gasteiger partial charge in [0.1, 0.15) is 0 Å². The molecule has 3 nitrogen and oxygen atoms in total. The summed E-state index contributed by atoms with van der Waals surface area (Å²) in [5, 5.41) is 0.825. The minimum absolute atomic E-state index is 0.825. The standard InChI is InChI=1S/C21H31ClN2O/c22-18-7-5-17(6-8-18)13-24-14-19-20(15-24)21(19)16-25-12-4-11-23-9-2-1-3-10-23/h5-8,19-21H,1-4,9-16H2/t19-,20+,21-. The van der Waals surface area contributed by atoms with E-state index < -0.39 is 0 Å². The van der Waals surface area contributed by atoms with E-state index in [4.69, 9.17) is 16.3 Å². The molecule has 1 saturated carbocycles. The van der Waals surface area contributed by atoms with E-state index >= 15 is 0 Å². The normalized spacial score (nSPS) is 29.7. The van der Waals surface area contributed by atoms with Gasteiger partial charge in [-0.3, -0.25) is 4.90 Å². The van der Waals surface area contributed by atoms with Crippen molar-refractivity contribution in [1.82, 2.24) is 9.80 Å². The molecule has 1 aliphatic carbocycles. The molecule has 4 rings (SSSR count). The molecule has 2 heterocycles. The maximum absolute atomic E-state index is 5.99. The van der Waals surface area contributed by atoms with Gasteiger partial charge in [-0.05, 0) is 67.8 Å². The van der Waals surface area contributed by atoms with Gasteiger partial charge in [-0.2, -0.15) is 0 Å². The average molecular weight is 363 g/mol. The maximum Gasteiger partial charge on any atom is 0.0500 e. The first-order valence-electron chi connectivity index (χ1n) is 10.1. The summed E-state index contributed by atoms with van der Waals surface area (Å²) in [6.07, 6.45) is 5.40. The molecule has 0 spiro atoms. The summed E-state index contributed by atoms with van der Waals surface area (Å²) >= 11 is 5.96. The number of rotatable bonds is 8. The fourth-order valence-electron chi connectivity index (χ4n) is 4.75. The van der Waals surface area contributed by atoms with Crippen LogP contribution in [0.3, 0.4) is 0 Å². The summed E-state index contributed by atoms with van der Waals surface area (Å²) in [5.74, 6) is 2.60. The minimum atomic E-state index is 0.825. The Hall–Kier alpha value is -0.610. The molecule has 4 heteroatoms. The van der Waals surface area contributed by atoms with Crippen LogP contribution >= 0.6 is 11.6 Å². The van der Waals surface area contributed by atoms with Crippen molar-refractivity contribution in [2.45, 2.75) is 32.2 Å². The minimum Gasteiger partial charge on any atom is -0.381 e. The molecule has 138 valence electrons. The van der Waals surface area contributed by atoms with Crippen molar-refractivity contribution in [3.8, 4) is 0 Å². The Morgan fingerprint density at radius 3 is 2.40 bits per heavy atom. The van der Waals surface area contributed by atoms with Crippen molar-refractivity contribution >= 4 is 11.6 Å². The average Bonchev–Trinajstić information content (AvgIpc) is 3.09. The lowest BCUT2D eigenvalue weighted by atomic mass is 10.1. The van der Waals surface area contributed by atoms with Crippen LogP contribution in [0.15, 0.2) is 24.3 Å². The lowest BCUT2D eigenvalue weighted by Crippen LogP contribution is -2.31. The van der Waals surface area contributed by atoms with Gasteiger partial charge in [-0.15, -0.1) is 0 Å². The summed E-state index contributed by atoms with van der Waals surface area (Å²) in [4.78, 5) is 5.19. The third kappa shape index (κ3) is 4.77. The number of fused-ring (bicyclic) bond motifs is 1. The number of hydrogen-bond acceptors (Lipinski definition) is 3. The van der Waals surface area contributed by atoms with Gasteiger partial charge >= 0.3 is 0 Å². The van der Waals surface area contributed by atoms with Crippen molar-refractivity contribution in [2.75, 3.05) is 45.9 Å². The fourth-order valence-corrected chi connectivity index (χ4v) is 4.88. The highest BCUT2D eigenvalue weighted by atomic mass is 35.5. The molecule has 3 atom stereocenters. The van der Waals surface area contributed by atoms with Crippen molar-refractivity contribution in [1.29, 1.82) is 0 Å². The molecule has 25 heavy (non-hydrogen) atoms. The maximum atomic E-state index is 5.99. The SMILES string of the molecule is Clc1ccc(CN2C[C@@H]3[C@H](COCCCN4CCCCC4)[C@@H]3C2)cc1. The second-order valence-electron chi connectivity index (χ2n) is 8.14. The zero-order valence-electron chi connectivity index (χ0n) is 15.2. The number of benzene rings is 1. The van der Waals surface area contributed by atoms with E-state index in [0.717, 1.165) is 42.5 Å². The summed E-state index contributed by atoms with van der Waals surface area (Å²) in [6.45, 7) is 9.32. The highest BCUT2D eigenvalue weighted by Crippen LogP contribution is 2.52. The highest BCUT2D eigenvalue weighted by molar-refractivity contribution is 6.30. The Labute approximate surface area is 157 Å². The van der Waals surface area contributed by atoms with Crippen LogP contribution in [0.5, 0.6) is 0 Å². The van der Waals surface area contributed by atoms with E-state index in [1.807, 2.05) is 12.1 Å². The molecule has 3 aliphatic rings. The number of halogens is 1. The molecule has 2 aliphatic heterocycles. The molecule has 1 aromatic rings. The molecule has 0 aromatic heterocycles. The van der Waals surface area contributed by atoms with E-state index in [1.165, 1.54) is 64.0 Å². The predicted molar refractivity (Wildman–Crippen MR) is 103 cm³/mol. The lowest BCUT2D eigenvalue weighted by Gasteiger charge is -2.26. The molecule has 0 radical (unpaired) electrons. The van der Waals surface area contributed by atoms with Gasteiger partial charge < -0.3 is 9.64 Å². The van der Waals surface area contributed by atoms with Crippen molar-refractivity contribution < 1.29 is 4.74 Å². The summed E-state index contributed by atoms with van der Waals surface area (Å²) < 4.78 is 5.99. The zero-order valence-corrected chi connectivity index (χ0v) is 16.0. The quantitative estimate of drug-likeness (QED) is 0.652. The summed E-state index contributed by atoms with van der Waals surface area (Å²) in [7, 11) is 0. The van der Waals surface area contributed by atoms with Gasteiger partial charge in [0.25, 0.3) is 0 Å². The van der Waals surface area contributed by atoms with Gasteiger partial charge in [-0.25, -0.2) is 0 Å². The van der Waals surface area contributed by atoms with E-state index in [9.17, 15) is 0 Å². The second kappa shape index (κ2) is 8.39. The molecule has 0 amide bonds. The van der Waals surface area contributed by atoms with Crippen molar-refractivity contribution in [2.24, 2.45) is 17.8 Å². The Kier molecular flexibility index (Phi) is 5.97. The van der Waals surface area contributed by atoms with Gasteiger partial charge in [0.05, 0.1) is 6.61 Å². The number of hydrogen-bond donors (Lipinski definition) is 0. The summed E-state index contributed by atoms with van der Waals surface area (Å²) in [6, 6.07) is 8.28. The van der Waals surface area contributed by atoms with Crippen LogP contribution in [0, 0.1) is 17.8 Å².